The Morgan fingerprint density at radius 1 is 1.10 bits per heavy atom. The van der Waals surface area contributed by atoms with E-state index in [0.717, 1.165) is 10.8 Å². The van der Waals surface area contributed by atoms with Crippen LogP contribution in [0.5, 0.6) is 5.75 Å². The largest absolute Gasteiger partial charge is 0.496 e. The third kappa shape index (κ3) is 3.65. The van der Waals surface area contributed by atoms with E-state index in [1.165, 1.54) is 20.3 Å². The molecule has 1 N–H and O–H groups in total. The number of hydrogen-bond donors (Lipinski definition) is 1. The van der Waals surface area contributed by atoms with E-state index in [1.54, 1.807) is 30.5 Å². The molecule has 0 aliphatic rings. The number of esters is 1. The van der Waals surface area contributed by atoms with Crippen molar-refractivity contribution >= 4 is 33.6 Å². The smallest absolute Gasteiger partial charge is 0.343 e. The number of fused-ring (bicyclic) bond motifs is 2. The third-order valence-electron chi connectivity index (χ3n) is 4.74. The minimum Gasteiger partial charge on any atom is -0.496 e. The molecule has 0 fully saturated rings. The van der Waals surface area contributed by atoms with E-state index in [0.29, 0.717) is 34.7 Å². The summed E-state index contributed by atoms with van der Waals surface area (Å²) in [5.74, 6) is 0.311. The molecule has 0 aliphatic heterocycles. The molecule has 0 radical (unpaired) electrons. The van der Waals surface area contributed by atoms with Gasteiger partial charge in [-0.05, 0) is 29.7 Å². The molecule has 2 aromatic heterocycles. The van der Waals surface area contributed by atoms with Crippen LogP contribution in [-0.2, 0) is 11.2 Å². The van der Waals surface area contributed by atoms with Crippen molar-refractivity contribution in [3.8, 4) is 5.75 Å². The fourth-order valence-electron chi connectivity index (χ4n) is 3.26. The van der Waals surface area contributed by atoms with Gasteiger partial charge in [-0.1, -0.05) is 30.3 Å². The standard InChI is InChI=1S/C23H19N3O4/c1-29-19-11-10-16-22(21(19)23(28)30-2)26-20(25-16)9-5-8-18(27)17-12-14-6-3-4-7-15(14)13-24-17/h3-8,10-13H,9H2,1-2H3,(H,25,26)/b8-5+. The number of carbonyl (C=O) groups excluding carboxylic acids is 2. The summed E-state index contributed by atoms with van der Waals surface area (Å²) in [7, 11) is 2.80. The number of ether oxygens (including phenoxy) is 2. The summed E-state index contributed by atoms with van der Waals surface area (Å²) in [6.45, 7) is 0. The van der Waals surface area contributed by atoms with Gasteiger partial charge in [-0.25, -0.2) is 9.78 Å². The van der Waals surface area contributed by atoms with Crippen LogP contribution in [0.4, 0.5) is 0 Å². The fourth-order valence-corrected chi connectivity index (χ4v) is 3.26. The lowest BCUT2D eigenvalue weighted by atomic mass is 10.1. The lowest BCUT2D eigenvalue weighted by Gasteiger charge is -2.06. The van der Waals surface area contributed by atoms with Crippen LogP contribution in [0.25, 0.3) is 21.8 Å². The van der Waals surface area contributed by atoms with Crippen LogP contribution in [0, 0.1) is 0 Å². The Bertz CT molecular complexity index is 1290. The summed E-state index contributed by atoms with van der Waals surface area (Å²) < 4.78 is 10.1. The molecule has 0 atom stereocenters. The van der Waals surface area contributed by atoms with Crippen LogP contribution in [0.3, 0.4) is 0 Å². The number of hydrogen-bond acceptors (Lipinski definition) is 6. The summed E-state index contributed by atoms with van der Waals surface area (Å²) in [5.41, 5.74) is 1.82. The maximum atomic E-state index is 12.5. The van der Waals surface area contributed by atoms with Gasteiger partial charge in [0.2, 0.25) is 5.78 Å². The maximum absolute atomic E-state index is 12.5. The average Bonchev–Trinajstić information content (AvgIpc) is 3.20. The number of aromatic amines is 1. The van der Waals surface area contributed by atoms with E-state index in [-0.39, 0.29) is 11.3 Å². The Balaban J connectivity index is 1.56. The lowest BCUT2D eigenvalue weighted by Crippen LogP contribution is -2.05. The number of carbonyl (C=O) groups is 2. The molecule has 2 aromatic carbocycles. The van der Waals surface area contributed by atoms with Crippen LogP contribution in [-0.4, -0.2) is 40.9 Å². The van der Waals surface area contributed by atoms with Gasteiger partial charge in [-0.15, -0.1) is 0 Å². The first kappa shape index (κ1) is 19.3. The van der Waals surface area contributed by atoms with E-state index < -0.39 is 5.97 Å². The first-order chi connectivity index (χ1) is 14.6. The van der Waals surface area contributed by atoms with Crippen molar-refractivity contribution in [3.05, 3.63) is 77.9 Å². The van der Waals surface area contributed by atoms with Gasteiger partial charge in [-0.3, -0.25) is 9.78 Å². The minimum atomic E-state index is -0.513. The molecule has 0 aliphatic carbocycles. The predicted molar refractivity (Wildman–Crippen MR) is 113 cm³/mol. The highest BCUT2D eigenvalue weighted by Gasteiger charge is 2.19. The van der Waals surface area contributed by atoms with Crippen molar-refractivity contribution in [1.82, 2.24) is 15.0 Å². The molecule has 0 saturated carbocycles. The van der Waals surface area contributed by atoms with Crippen molar-refractivity contribution in [1.29, 1.82) is 0 Å². The van der Waals surface area contributed by atoms with Gasteiger partial charge in [0.25, 0.3) is 0 Å². The number of rotatable bonds is 6. The highest BCUT2D eigenvalue weighted by molar-refractivity contribution is 6.05. The molecule has 30 heavy (non-hydrogen) atoms. The molecular formula is C23H19N3O4. The minimum absolute atomic E-state index is 0.186. The Morgan fingerprint density at radius 2 is 1.90 bits per heavy atom. The predicted octanol–water partition coefficient (Wildman–Crippen LogP) is 3.89. The van der Waals surface area contributed by atoms with Gasteiger partial charge >= 0.3 is 5.97 Å². The molecular weight excluding hydrogens is 382 g/mol. The fraction of sp³-hybridized carbons (Fsp3) is 0.130. The second kappa shape index (κ2) is 8.16. The number of ketones is 1. The molecule has 4 aromatic rings. The zero-order valence-electron chi connectivity index (χ0n) is 16.5. The van der Waals surface area contributed by atoms with E-state index >= 15 is 0 Å². The topological polar surface area (TPSA) is 94.2 Å². The summed E-state index contributed by atoms with van der Waals surface area (Å²) in [6.07, 6.45) is 5.27. The van der Waals surface area contributed by atoms with Crippen molar-refractivity contribution in [2.75, 3.05) is 14.2 Å². The van der Waals surface area contributed by atoms with E-state index in [1.807, 2.05) is 24.3 Å². The van der Waals surface area contributed by atoms with Crippen LogP contribution in [0.15, 0.2) is 60.8 Å². The molecule has 7 heteroatoms. The second-order valence-electron chi connectivity index (χ2n) is 6.60. The lowest BCUT2D eigenvalue weighted by molar-refractivity contribution is 0.0599. The first-order valence-electron chi connectivity index (χ1n) is 9.30. The number of H-pyrrole nitrogens is 1. The van der Waals surface area contributed by atoms with Crippen LogP contribution in [0.1, 0.15) is 26.7 Å². The summed E-state index contributed by atoms with van der Waals surface area (Å²) in [4.78, 5) is 36.5. The number of aromatic nitrogens is 3. The molecule has 2 heterocycles. The van der Waals surface area contributed by atoms with Crippen molar-refractivity contribution in [3.63, 3.8) is 0 Å². The van der Waals surface area contributed by atoms with Crippen molar-refractivity contribution in [2.24, 2.45) is 0 Å². The van der Waals surface area contributed by atoms with E-state index in [9.17, 15) is 9.59 Å². The van der Waals surface area contributed by atoms with Crippen LogP contribution >= 0.6 is 0 Å². The normalized spacial score (nSPS) is 11.3. The monoisotopic (exact) mass is 401 g/mol. The Kier molecular flexibility index (Phi) is 5.26. The second-order valence-corrected chi connectivity index (χ2v) is 6.60. The molecule has 7 nitrogen and oxygen atoms in total. The molecule has 0 saturated heterocycles. The van der Waals surface area contributed by atoms with E-state index in [4.69, 9.17) is 9.47 Å². The van der Waals surface area contributed by atoms with Gasteiger partial charge in [0.1, 0.15) is 22.8 Å². The number of nitrogens with one attached hydrogen (secondary N) is 1. The summed E-state index contributed by atoms with van der Waals surface area (Å²) in [5, 5.41) is 1.95. The summed E-state index contributed by atoms with van der Waals surface area (Å²) in [6, 6.07) is 13.0. The molecule has 0 amide bonds. The van der Waals surface area contributed by atoms with Gasteiger partial charge in [0.15, 0.2) is 0 Å². The number of benzene rings is 2. The zero-order chi connectivity index (χ0) is 21.1. The molecule has 150 valence electrons. The highest BCUT2D eigenvalue weighted by Crippen LogP contribution is 2.27. The first-order valence-corrected chi connectivity index (χ1v) is 9.30. The van der Waals surface area contributed by atoms with Crippen LogP contribution < -0.4 is 4.74 Å². The molecule has 4 rings (SSSR count). The Hall–Kier alpha value is -4.00. The zero-order valence-corrected chi connectivity index (χ0v) is 16.5. The Morgan fingerprint density at radius 3 is 2.67 bits per heavy atom. The maximum Gasteiger partial charge on any atom is 0.343 e. The highest BCUT2D eigenvalue weighted by atomic mass is 16.5. The van der Waals surface area contributed by atoms with Crippen molar-refractivity contribution in [2.45, 2.75) is 6.42 Å². The van der Waals surface area contributed by atoms with Gasteiger partial charge < -0.3 is 14.5 Å². The average molecular weight is 401 g/mol. The van der Waals surface area contributed by atoms with E-state index in [2.05, 4.69) is 15.0 Å². The molecule has 0 spiro atoms. The number of methoxy groups -OCH3 is 2. The van der Waals surface area contributed by atoms with Crippen molar-refractivity contribution < 1.29 is 19.1 Å². The quantitative estimate of drug-likeness (QED) is 0.299. The number of pyridine rings is 1. The molecule has 0 bridgehead atoms. The van der Waals surface area contributed by atoms with Gasteiger partial charge in [0.05, 0.1) is 25.3 Å². The Labute approximate surface area is 172 Å². The number of allylic oxidation sites excluding steroid dienone is 2. The van der Waals surface area contributed by atoms with Crippen LogP contribution in [0.2, 0.25) is 0 Å². The van der Waals surface area contributed by atoms with Gasteiger partial charge in [0, 0.05) is 18.0 Å². The van der Waals surface area contributed by atoms with Gasteiger partial charge in [-0.2, -0.15) is 0 Å². The molecule has 0 unspecified atom stereocenters. The number of imidazole rings is 1. The summed E-state index contributed by atoms with van der Waals surface area (Å²) >= 11 is 0. The number of nitrogens with zero attached hydrogens (tertiary/aromatic N) is 2. The SMILES string of the molecule is COC(=O)c1c(OC)ccc2nc(C/C=C/C(=O)c3cc4ccccc4cn3)[nH]c12. The third-order valence-corrected chi connectivity index (χ3v) is 4.74.